The molecule has 0 aliphatic rings. The van der Waals surface area contributed by atoms with Gasteiger partial charge in [0, 0.05) is 18.8 Å². The Labute approximate surface area is 138 Å². The number of nitrogens with one attached hydrogen (secondary N) is 1. The van der Waals surface area contributed by atoms with Crippen molar-refractivity contribution in [1.82, 2.24) is 4.90 Å². The van der Waals surface area contributed by atoms with Gasteiger partial charge in [0.2, 0.25) is 0 Å². The summed E-state index contributed by atoms with van der Waals surface area (Å²) in [5, 5.41) is 2.96. The van der Waals surface area contributed by atoms with Crippen molar-refractivity contribution in [2.75, 3.05) is 11.9 Å². The second-order valence-corrected chi connectivity index (χ2v) is 5.53. The third-order valence-corrected chi connectivity index (χ3v) is 3.60. The number of amides is 2. The molecule has 3 nitrogen and oxygen atoms in total. The molecular weight excluding hydrogens is 284 g/mol. The van der Waals surface area contributed by atoms with Crippen LogP contribution in [0.1, 0.15) is 24.5 Å². The largest absolute Gasteiger partial charge is 0.322 e. The molecule has 0 spiro atoms. The van der Waals surface area contributed by atoms with E-state index >= 15 is 0 Å². The van der Waals surface area contributed by atoms with Crippen LogP contribution in [0.2, 0.25) is 0 Å². The number of aryl methyl sites for hydroxylation is 1. The Morgan fingerprint density at radius 3 is 2.39 bits per heavy atom. The van der Waals surface area contributed by atoms with Crippen LogP contribution in [-0.4, -0.2) is 17.5 Å². The van der Waals surface area contributed by atoms with E-state index in [1.807, 2.05) is 42.5 Å². The van der Waals surface area contributed by atoms with Gasteiger partial charge in [0.1, 0.15) is 0 Å². The van der Waals surface area contributed by atoms with Gasteiger partial charge in [0.15, 0.2) is 0 Å². The minimum atomic E-state index is -0.114. The fourth-order valence-electron chi connectivity index (χ4n) is 2.42. The van der Waals surface area contributed by atoms with Crippen LogP contribution in [0, 0.1) is 0 Å². The summed E-state index contributed by atoms with van der Waals surface area (Å²) in [6, 6.07) is 17.9. The molecular formula is C20H24N2O. The van der Waals surface area contributed by atoms with Crippen molar-refractivity contribution in [2.45, 2.75) is 26.3 Å². The number of benzene rings is 2. The molecule has 0 aromatic heterocycles. The molecule has 1 N–H and O–H groups in total. The topological polar surface area (TPSA) is 32.3 Å². The molecule has 2 aromatic carbocycles. The maximum Gasteiger partial charge on any atom is 0.322 e. The second kappa shape index (κ2) is 8.79. The molecule has 2 rings (SSSR count). The zero-order valence-corrected chi connectivity index (χ0v) is 13.7. The van der Waals surface area contributed by atoms with Crippen LogP contribution < -0.4 is 5.32 Å². The van der Waals surface area contributed by atoms with Crippen molar-refractivity contribution in [2.24, 2.45) is 0 Å². The standard InChI is InChI=1S/C20H24N2O/c1-3-8-17-11-13-19(14-12-17)21-20(23)22(15-4-2)16-18-9-6-5-7-10-18/h4-7,9-14H,2-3,8,15-16H2,1H3,(H,21,23). The van der Waals surface area contributed by atoms with Crippen molar-refractivity contribution in [1.29, 1.82) is 0 Å². The predicted molar refractivity (Wildman–Crippen MR) is 96.5 cm³/mol. The van der Waals surface area contributed by atoms with Crippen molar-refractivity contribution in [3.05, 3.63) is 78.4 Å². The Bertz CT molecular complexity index is 620. The molecule has 0 atom stereocenters. The van der Waals surface area contributed by atoms with Crippen LogP contribution in [0.4, 0.5) is 10.5 Å². The zero-order valence-electron chi connectivity index (χ0n) is 13.7. The van der Waals surface area contributed by atoms with Crippen molar-refractivity contribution in [3.8, 4) is 0 Å². The molecule has 0 unspecified atom stereocenters. The zero-order chi connectivity index (χ0) is 16.5. The summed E-state index contributed by atoms with van der Waals surface area (Å²) in [5.41, 5.74) is 3.21. The number of urea groups is 1. The summed E-state index contributed by atoms with van der Waals surface area (Å²) in [4.78, 5) is 14.2. The van der Waals surface area contributed by atoms with E-state index in [1.165, 1.54) is 5.56 Å². The number of rotatable bonds is 7. The molecule has 0 aliphatic carbocycles. The van der Waals surface area contributed by atoms with Gasteiger partial charge in [-0.3, -0.25) is 0 Å². The molecule has 3 heteroatoms. The van der Waals surface area contributed by atoms with Crippen LogP contribution in [0.15, 0.2) is 67.3 Å². The fraction of sp³-hybridized carbons (Fsp3) is 0.250. The summed E-state index contributed by atoms with van der Waals surface area (Å²) in [7, 11) is 0. The average Bonchev–Trinajstić information content (AvgIpc) is 2.57. The minimum absolute atomic E-state index is 0.114. The lowest BCUT2D eigenvalue weighted by Gasteiger charge is -2.22. The fourth-order valence-corrected chi connectivity index (χ4v) is 2.42. The van der Waals surface area contributed by atoms with Gasteiger partial charge >= 0.3 is 6.03 Å². The van der Waals surface area contributed by atoms with Gasteiger partial charge in [-0.1, -0.05) is 61.9 Å². The van der Waals surface area contributed by atoms with E-state index in [1.54, 1.807) is 11.0 Å². The highest BCUT2D eigenvalue weighted by Gasteiger charge is 2.12. The number of anilines is 1. The molecule has 23 heavy (non-hydrogen) atoms. The van der Waals surface area contributed by atoms with E-state index in [9.17, 15) is 4.79 Å². The lowest BCUT2D eigenvalue weighted by atomic mass is 10.1. The average molecular weight is 308 g/mol. The lowest BCUT2D eigenvalue weighted by molar-refractivity contribution is 0.215. The Hall–Kier alpha value is -2.55. The lowest BCUT2D eigenvalue weighted by Crippen LogP contribution is -2.34. The first-order valence-corrected chi connectivity index (χ1v) is 8.02. The number of carbonyl (C=O) groups excluding carboxylic acids is 1. The smallest absolute Gasteiger partial charge is 0.316 e. The van der Waals surface area contributed by atoms with Gasteiger partial charge in [0.05, 0.1) is 0 Å². The number of carbonyl (C=O) groups is 1. The number of hydrogen-bond donors (Lipinski definition) is 1. The third-order valence-electron chi connectivity index (χ3n) is 3.60. The van der Waals surface area contributed by atoms with Crippen LogP contribution in [0.25, 0.3) is 0 Å². The van der Waals surface area contributed by atoms with E-state index in [0.717, 1.165) is 24.1 Å². The van der Waals surface area contributed by atoms with E-state index in [0.29, 0.717) is 13.1 Å². The Morgan fingerprint density at radius 2 is 1.78 bits per heavy atom. The minimum Gasteiger partial charge on any atom is -0.316 e. The van der Waals surface area contributed by atoms with Gasteiger partial charge in [0.25, 0.3) is 0 Å². The molecule has 0 heterocycles. The first-order chi connectivity index (χ1) is 11.2. The van der Waals surface area contributed by atoms with E-state index in [2.05, 4.69) is 31.0 Å². The first kappa shape index (κ1) is 16.8. The van der Waals surface area contributed by atoms with Gasteiger partial charge in [-0.15, -0.1) is 6.58 Å². The van der Waals surface area contributed by atoms with Crippen LogP contribution in [0.5, 0.6) is 0 Å². The van der Waals surface area contributed by atoms with Gasteiger partial charge in [-0.05, 0) is 29.7 Å². The monoisotopic (exact) mass is 308 g/mol. The molecule has 0 radical (unpaired) electrons. The third kappa shape index (κ3) is 5.29. The summed E-state index contributed by atoms with van der Waals surface area (Å²) in [5.74, 6) is 0. The summed E-state index contributed by atoms with van der Waals surface area (Å²) in [6.07, 6.45) is 3.92. The second-order valence-electron chi connectivity index (χ2n) is 5.53. The van der Waals surface area contributed by atoms with Crippen molar-refractivity contribution in [3.63, 3.8) is 0 Å². The van der Waals surface area contributed by atoms with Crippen molar-refractivity contribution >= 4 is 11.7 Å². The molecule has 0 saturated heterocycles. The van der Waals surface area contributed by atoms with Crippen LogP contribution in [0.3, 0.4) is 0 Å². The molecule has 0 aliphatic heterocycles. The van der Waals surface area contributed by atoms with Gasteiger partial charge in [-0.25, -0.2) is 4.79 Å². The van der Waals surface area contributed by atoms with Crippen LogP contribution >= 0.6 is 0 Å². The Balaban J connectivity index is 2.01. The molecule has 0 fully saturated rings. The van der Waals surface area contributed by atoms with E-state index in [-0.39, 0.29) is 6.03 Å². The maximum atomic E-state index is 12.5. The molecule has 120 valence electrons. The molecule has 2 amide bonds. The highest BCUT2D eigenvalue weighted by Crippen LogP contribution is 2.13. The van der Waals surface area contributed by atoms with Gasteiger partial charge in [-0.2, -0.15) is 0 Å². The van der Waals surface area contributed by atoms with Crippen molar-refractivity contribution < 1.29 is 4.79 Å². The predicted octanol–water partition coefficient (Wildman–Crippen LogP) is 4.86. The molecule has 0 saturated carbocycles. The Kier molecular flexibility index (Phi) is 6.42. The van der Waals surface area contributed by atoms with Crippen LogP contribution in [-0.2, 0) is 13.0 Å². The van der Waals surface area contributed by atoms with E-state index in [4.69, 9.17) is 0 Å². The highest BCUT2D eigenvalue weighted by atomic mass is 16.2. The summed E-state index contributed by atoms with van der Waals surface area (Å²) >= 11 is 0. The van der Waals surface area contributed by atoms with Gasteiger partial charge < -0.3 is 10.2 Å². The number of nitrogens with zero attached hydrogens (tertiary/aromatic N) is 1. The number of hydrogen-bond acceptors (Lipinski definition) is 1. The molecule has 0 bridgehead atoms. The molecule has 2 aromatic rings. The maximum absolute atomic E-state index is 12.5. The highest BCUT2D eigenvalue weighted by molar-refractivity contribution is 5.89. The normalized spacial score (nSPS) is 10.1. The SMILES string of the molecule is C=CCN(Cc1ccccc1)C(=O)Nc1ccc(CCC)cc1. The summed E-state index contributed by atoms with van der Waals surface area (Å²) < 4.78 is 0. The quantitative estimate of drug-likeness (QED) is 0.728. The Morgan fingerprint density at radius 1 is 1.09 bits per heavy atom. The van der Waals surface area contributed by atoms with E-state index < -0.39 is 0 Å². The first-order valence-electron chi connectivity index (χ1n) is 8.02. The summed E-state index contributed by atoms with van der Waals surface area (Å²) in [6.45, 7) is 6.97.